The van der Waals surface area contributed by atoms with E-state index in [0.29, 0.717) is 22.7 Å². The molecule has 0 aliphatic carbocycles. The molecule has 0 aliphatic heterocycles. The molecule has 0 atom stereocenters. The normalized spacial score (nSPS) is 10.1. The number of anilines is 2. The van der Waals surface area contributed by atoms with Crippen LogP contribution in [0.15, 0.2) is 36.4 Å². The molecule has 5 nitrogen and oxygen atoms in total. The predicted octanol–water partition coefficient (Wildman–Crippen LogP) is 2.54. The number of methoxy groups -OCH3 is 1. The number of hydrogen-bond acceptors (Lipinski definition) is 4. The molecule has 0 unspecified atom stereocenters. The lowest BCUT2D eigenvalue weighted by Gasteiger charge is -2.10. The van der Waals surface area contributed by atoms with Gasteiger partial charge in [0, 0.05) is 11.8 Å². The van der Waals surface area contributed by atoms with Gasteiger partial charge < -0.3 is 20.9 Å². The Morgan fingerprint density at radius 2 is 2.00 bits per heavy atom. The summed E-state index contributed by atoms with van der Waals surface area (Å²) in [6.07, 6.45) is 0. The van der Waals surface area contributed by atoms with E-state index in [9.17, 15) is 9.90 Å². The van der Waals surface area contributed by atoms with Gasteiger partial charge in [-0.2, -0.15) is 0 Å². The van der Waals surface area contributed by atoms with Crippen molar-refractivity contribution in [3.63, 3.8) is 0 Å². The number of phenolic OH excluding ortho intramolecular Hbond substituents is 1. The molecule has 0 saturated carbocycles. The number of nitrogens with one attached hydrogen (secondary N) is 1. The molecule has 0 saturated heterocycles. The van der Waals surface area contributed by atoms with Crippen LogP contribution in [0.1, 0.15) is 15.9 Å². The number of benzene rings is 2. The number of aryl methyl sites for hydroxylation is 1. The van der Waals surface area contributed by atoms with Crippen molar-refractivity contribution >= 4 is 17.3 Å². The molecule has 5 heteroatoms. The fraction of sp³-hybridized carbons (Fsp3) is 0.133. The van der Waals surface area contributed by atoms with Crippen molar-refractivity contribution in [2.45, 2.75) is 6.92 Å². The summed E-state index contributed by atoms with van der Waals surface area (Å²) in [5.74, 6) is 0.208. The highest BCUT2D eigenvalue weighted by Gasteiger charge is 2.12. The Balaban J connectivity index is 2.26. The zero-order valence-corrected chi connectivity index (χ0v) is 11.3. The Bertz CT molecular complexity index is 654. The lowest BCUT2D eigenvalue weighted by Crippen LogP contribution is -2.14. The smallest absolute Gasteiger partial charge is 0.257 e. The van der Waals surface area contributed by atoms with Gasteiger partial charge in [0.15, 0.2) is 0 Å². The lowest BCUT2D eigenvalue weighted by molar-refractivity contribution is 0.102. The standard InChI is InChI=1S/C15H16N2O3/c1-9-3-6-14(18)13(7-9)17-15(19)11-5-4-10(20-2)8-12(11)16/h3-8,18H,16H2,1-2H3,(H,17,19). The van der Waals surface area contributed by atoms with E-state index in [-0.39, 0.29) is 11.7 Å². The average Bonchev–Trinajstić information content (AvgIpc) is 2.42. The maximum absolute atomic E-state index is 12.2. The highest BCUT2D eigenvalue weighted by atomic mass is 16.5. The molecular weight excluding hydrogens is 256 g/mol. The minimum atomic E-state index is -0.383. The molecule has 0 fully saturated rings. The molecule has 2 rings (SSSR count). The number of ether oxygens (including phenoxy) is 1. The van der Waals surface area contributed by atoms with Crippen LogP contribution < -0.4 is 15.8 Å². The Hall–Kier alpha value is -2.69. The Kier molecular flexibility index (Phi) is 3.79. The van der Waals surface area contributed by atoms with Crippen molar-refractivity contribution in [3.05, 3.63) is 47.5 Å². The van der Waals surface area contributed by atoms with Crippen LogP contribution in [0.4, 0.5) is 11.4 Å². The first-order valence-electron chi connectivity index (χ1n) is 6.05. The topological polar surface area (TPSA) is 84.6 Å². The van der Waals surface area contributed by atoms with Crippen LogP contribution in [0.2, 0.25) is 0 Å². The Morgan fingerprint density at radius 1 is 1.25 bits per heavy atom. The monoisotopic (exact) mass is 272 g/mol. The minimum Gasteiger partial charge on any atom is -0.506 e. The van der Waals surface area contributed by atoms with E-state index < -0.39 is 0 Å². The summed E-state index contributed by atoms with van der Waals surface area (Å²) in [4.78, 5) is 12.2. The van der Waals surface area contributed by atoms with Crippen LogP contribution in [0.5, 0.6) is 11.5 Å². The first kappa shape index (κ1) is 13.7. The van der Waals surface area contributed by atoms with Crippen LogP contribution in [0.25, 0.3) is 0 Å². The molecule has 0 bridgehead atoms. The Morgan fingerprint density at radius 3 is 2.65 bits per heavy atom. The molecule has 104 valence electrons. The number of nitrogens with two attached hydrogens (primary N) is 1. The average molecular weight is 272 g/mol. The summed E-state index contributed by atoms with van der Waals surface area (Å²) < 4.78 is 5.03. The van der Waals surface area contributed by atoms with Crippen molar-refractivity contribution in [3.8, 4) is 11.5 Å². The van der Waals surface area contributed by atoms with Gasteiger partial charge in [0.2, 0.25) is 0 Å². The van der Waals surface area contributed by atoms with Crippen molar-refractivity contribution in [2.24, 2.45) is 0 Å². The van der Waals surface area contributed by atoms with Crippen LogP contribution >= 0.6 is 0 Å². The van der Waals surface area contributed by atoms with Crippen molar-refractivity contribution in [1.29, 1.82) is 0 Å². The second-order valence-electron chi connectivity index (χ2n) is 4.43. The minimum absolute atomic E-state index is 0.0102. The number of phenols is 1. The number of carbonyl (C=O) groups is 1. The molecule has 0 aromatic heterocycles. The summed E-state index contributed by atoms with van der Waals surface area (Å²) in [6, 6.07) is 9.78. The van der Waals surface area contributed by atoms with Gasteiger partial charge in [0.1, 0.15) is 11.5 Å². The summed E-state index contributed by atoms with van der Waals surface area (Å²) in [5.41, 5.74) is 7.74. The van der Waals surface area contributed by atoms with Crippen LogP contribution in [0, 0.1) is 6.92 Å². The molecule has 0 radical (unpaired) electrons. The zero-order chi connectivity index (χ0) is 14.7. The van der Waals surface area contributed by atoms with Crippen molar-refractivity contribution < 1.29 is 14.6 Å². The van der Waals surface area contributed by atoms with E-state index in [1.807, 2.05) is 6.92 Å². The summed E-state index contributed by atoms with van der Waals surface area (Å²) >= 11 is 0. The largest absolute Gasteiger partial charge is 0.506 e. The Labute approximate surface area is 117 Å². The molecule has 2 aromatic carbocycles. The van der Waals surface area contributed by atoms with Gasteiger partial charge in [-0.15, -0.1) is 0 Å². The first-order valence-corrected chi connectivity index (χ1v) is 6.05. The van der Waals surface area contributed by atoms with Gasteiger partial charge >= 0.3 is 0 Å². The van der Waals surface area contributed by atoms with E-state index in [1.54, 1.807) is 30.3 Å². The van der Waals surface area contributed by atoms with Gasteiger partial charge in [-0.3, -0.25) is 4.79 Å². The van der Waals surface area contributed by atoms with Gasteiger partial charge in [-0.1, -0.05) is 6.07 Å². The van der Waals surface area contributed by atoms with E-state index in [2.05, 4.69) is 5.32 Å². The van der Waals surface area contributed by atoms with Gasteiger partial charge in [-0.05, 0) is 36.8 Å². The fourth-order valence-electron chi connectivity index (χ4n) is 1.81. The number of carbonyl (C=O) groups excluding carboxylic acids is 1. The van der Waals surface area contributed by atoms with E-state index >= 15 is 0 Å². The maximum Gasteiger partial charge on any atom is 0.257 e. The van der Waals surface area contributed by atoms with E-state index in [4.69, 9.17) is 10.5 Å². The molecule has 1 amide bonds. The third-order valence-corrected chi connectivity index (χ3v) is 2.90. The first-order chi connectivity index (χ1) is 9.51. The van der Waals surface area contributed by atoms with Gasteiger partial charge in [0.05, 0.1) is 18.4 Å². The third-order valence-electron chi connectivity index (χ3n) is 2.90. The maximum atomic E-state index is 12.2. The quantitative estimate of drug-likeness (QED) is 0.592. The van der Waals surface area contributed by atoms with Gasteiger partial charge in [-0.25, -0.2) is 0 Å². The number of amides is 1. The van der Waals surface area contributed by atoms with Crippen LogP contribution in [-0.4, -0.2) is 18.1 Å². The second kappa shape index (κ2) is 5.52. The van der Waals surface area contributed by atoms with Crippen molar-refractivity contribution in [2.75, 3.05) is 18.2 Å². The molecule has 0 spiro atoms. The second-order valence-corrected chi connectivity index (χ2v) is 4.43. The molecule has 0 aliphatic rings. The summed E-state index contributed by atoms with van der Waals surface area (Å²) in [5, 5.41) is 12.4. The summed E-state index contributed by atoms with van der Waals surface area (Å²) in [6.45, 7) is 1.87. The fourth-order valence-corrected chi connectivity index (χ4v) is 1.81. The van der Waals surface area contributed by atoms with Crippen LogP contribution in [-0.2, 0) is 0 Å². The highest BCUT2D eigenvalue weighted by molar-refractivity contribution is 6.08. The third kappa shape index (κ3) is 2.83. The lowest BCUT2D eigenvalue weighted by atomic mass is 10.1. The van der Waals surface area contributed by atoms with E-state index in [0.717, 1.165) is 5.56 Å². The number of hydrogen-bond donors (Lipinski definition) is 3. The highest BCUT2D eigenvalue weighted by Crippen LogP contribution is 2.26. The SMILES string of the molecule is COc1ccc(C(=O)Nc2cc(C)ccc2O)c(N)c1. The van der Waals surface area contributed by atoms with E-state index in [1.165, 1.54) is 13.2 Å². The number of aromatic hydroxyl groups is 1. The van der Waals surface area contributed by atoms with Gasteiger partial charge in [0.25, 0.3) is 5.91 Å². The van der Waals surface area contributed by atoms with Crippen molar-refractivity contribution in [1.82, 2.24) is 0 Å². The molecule has 0 heterocycles. The number of nitrogen functional groups attached to an aromatic ring is 1. The zero-order valence-electron chi connectivity index (χ0n) is 11.3. The molecule has 2 aromatic rings. The molecular formula is C15H16N2O3. The van der Waals surface area contributed by atoms with Crippen LogP contribution in [0.3, 0.4) is 0 Å². The summed E-state index contributed by atoms with van der Waals surface area (Å²) in [7, 11) is 1.53. The predicted molar refractivity (Wildman–Crippen MR) is 78.2 cm³/mol. The molecule has 4 N–H and O–H groups in total. The molecule has 20 heavy (non-hydrogen) atoms. The number of rotatable bonds is 3.